The summed E-state index contributed by atoms with van der Waals surface area (Å²) in [6.07, 6.45) is 3.86. The molecule has 1 heterocycles. The van der Waals surface area contributed by atoms with E-state index in [-0.39, 0.29) is 5.97 Å². The van der Waals surface area contributed by atoms with Crippen LogP contribution in [0.1, 0.15) is 29.6 Å². The fourth-order valence-electron chi connectivity index (χ4n) is 2.08. The van der Waals surface area contributed by atoms with Crippen molar-refractivity contribution in [2.75, 3.05) is 25.1 Å². The van der Waals surface area contributed by atoms with Gasteiger partial charge in [-0.2, -0.15) is 0 Å². The van der Waals surface area contributed by atoms with Crippen molar-refractivity contribution in [1.82, 2.24) is 0 Å². The highest BCUT2D eigenvalue weighted by Crippen LogP contribution is 2.20. The number of carbonyl (C=O) groups is 1. The van der Waals surface area contributed by atoms with Crippen LogP contribution in [0.2, 0.25) is 0 Å². The maximum atomic E-state index is 11.3. The van der Waals surface area contributed by atoms with Crippen molar-refractivity contribution in [3.8, 4) is 0 Å². The summed E-state index contributed by atoms with van der Waals surface area (Å²) in [5.41, 5.74) is 1.82. The summed E-state index contributed by atoms with van der Waals surface area (Å²) in [7, 11) is 1.40. The van der Waals surface area contributed by atoms with Gasteiger partial charge in [0.2, 0.25) is 0 Å². The average molecular weight is 219 g/mol. The first-order chi connectivity index (χ1) is 7.81. The molecule has 3 heteroatoms. The van der Waals surface area contributed by atoms with Crippen LogP contribution < -0.4 is 4.90 Å². The van der Waals surface area contributed by atoms with Gasteiger partial charge in [-0.25, -0.2) is 4.79 Å². The second-order valence-electron chi connectivity index (χ2n) is 4.09. The van der Waals surface area contributed by atoms with E-state index in [1.54, 1.807) is 0 Å². The number of ether oxygens (including phenoxy) is 1. The van der Waals surface area contributed by atoms with E-state index >= 15 is 0 Å². The summed E-state index contributed by atoms with van der Waals surface area (Å²) in [5.74, 6) is -0.273. The van der Waals surface area contributed by atoms with Crippen molar-refractivity contribution in [3.05, 3.63) is 29.8 Å². The van der Waals surface area contributed by atoms with E-state index in [4.69, 9.17) is 0 Å². The Morgan fingerprint density at radius 3 is 2.31 bits per heavy atom. The Hall–Kier alpha value is -1.51. The summed E-state index contributed by atoms with van der Waals surface area (Å²) >= 11 is 0. The maximum absolute atomic E-state index is 11.3. The Bertz CT molecular complexity index is 353. The summed E-state index contributed by atoms with van der Waals surface area (Å²) in [4.78, 5) is 13.6. The van der Waals surface area contributed by atoms with Crippen LogP contribution in [0.25, 0.3) is 0 Å². The van der Waals surface area contributed by atoms with Gasteiger partial charge >= 0.3 is 5.97 Å². The number of nitrogens with zero attached hydrogens (tertiary/aromatic N) is 1. The molecule has 1 aromatic carbocycles. The van der Waals surface area contributed by atoms with Crippen molar-refractivity contribution < 1.29 is 9.53 Å². The van der Waals surface area contributed by atoms with E-state index in [2.05, 4.69) is 9.64 Å². The second-order valence-corrected chi connectivity index (χ2v) is 4.09. The molecule has 16 heavy (non-hydrogen) atoms. The van der Waals surface area contributed by atoms with Gasteiger partial charge < -0.3 is 9.64 Å². The van der Waals surface area contributed by atoms with Crippen molar-refractivity contribution in [2.45, 2.75) is 19.3 Å². The lowest BCUT2D eigenvalue weighted by molar-refractivity contribution is 0.0601. The lowest BCUT2D eigenvalue weighted by Crippen LogP contribution is -2.29. The fraction of sp³-hybridized carbons (Fsp3) is 0.462. The number of carbonyl (C=O) groups excluding carboxylic acids is 1. The summed E-state index contributed by atoms with van der Waals surface area (Å²) in [6, 6.07) is 7.65. The second kappa shape index (κ2) is 5.01. The molecule has 1 aromatic rings. The fourth-order valence-corrected chi connectivity index (χ4v) is 2.08. The summed E-state index contributed by atoms with van der Waals surface area (Å²) in [6.45, 7) is 2.25. The minimum absolute atomic E-state index is 0.273. The Balaban J connectivity index is 2.09. The van der Waals surface area contributed by atoms with Crippen LogP contribution in [0.15, 0.2) is 24.3 Å². The number of esters is 1. The molecule has 0 N–H and O–H groups in total. The van der Waals surface area contributed by atoms with Gasteiger partial charge in [0.25, 0.3) is 0 Å². The molecule has 0 aromatic heterocycles. The molecule has 0 saturated carbocycles. The Labute approximate surface area is 96.0 Å². The van der Waals surface area contributed by atoms with Gasteiger partial charge in [0.15, 0.2) is 0 Å². The van der Waals surface area contributed by atoms with Crippen molar-refractivity contribution in [2.24, 2.45) is 0 Å². The zero-order valence-electron chi connectivity index (χ0n) is 9.61. The smallest absolute Gasteiger partial charge is 0.337 e. The lowest BCUT2D eigenvalue weighted by atomic mass is 10.1. The molecule has 1 fully saturated rings. The molecule has 0 aliphatic carbocycles. The normalized spacial score (nSPS) is 15.9. The van der Waals surface area contributed by atoms with Crippen LogP contribution >= 0.6 is 0 Å². The molecule has 1 saturated heterocycles. The predicted octanol–water partition coefficient (Wildman–Crippen LogP) is 2.46. The van der Waals surface area contributed by atoms with Crippen LogP contribution in [-0.4, -0.2) is 26.2 Å². The first kappa shape index (κ1) is 11.0. The van der Waals surface area contributed by atoms with Gasteiger partial charge in [-0.1, -0.05) is 0 Å². The highest BCUT2D eigenvalue weighted by atomic mass is 16.5. The van der Waals surface area contributed by atoms with Gasteiger partial charge in [0, 0.05) is 18.8 Å². The average Bonchev–Trinajstić information content (AvgIpc) is 2.39. The van der Waals surface area contributed by atoms with Crippen molar-refractivity contribution in [3.63, 3.8) is 0 Å². The molecular weight excluding hydrogens is 202 g/mol. The molecule has 1 aliphatic rings. The quantitative estimate of drug-likeness (QED) is 0.716. The minimum Gasteiger partial charge on any atom is -0.465 e. The topological polar surface area (TPSA) is 29.5 Å². The molecule has 2 rings (SSSR count). The first-order valence-corrected chi connectivity index (χ1v) is 5.74. The van der Waals surface area contributed by atoms with Gasteiger partial charge in [-0.15, -0.1) is 0 Å². The summed E-state index contributed by atoms with van der Waals surface area (Å²) in [5, 5.41) is 0. The van der Waals surface area contributed by atoms with Crippen molar-refractivity contribution >= 4 is 11.7 Å². The largest absolute Gasteiger partial charge is 0.465 e. The number of methoxy groups -OCH3 is 1. The van der Waals surface area contributed by atoms with Crippen LogP contribution in [0.3, 0.4) is 0 Å². The number of anilines is 1. The Morgan fingerprint density at radius 1 is 1.12 bits per heavy atom. The van der Waals surface area contributed by atoms with Gasteiger partial charge in [-0.05, 0) is 43.5 Å². The van der Waals surface area contributed by atoms with E-state index < -0.39 is 0 Å². The zero-order valence-corrected chi connectivity index (χ0v) is 9.61. The Morgan fingerprint density at radius 2 is 1.75 bits per heavy atom. The van der Waals surface area contributed by atoms with Crippen molar-refractivity contribution in [1.29, 1.82) is 0 Å². The van der Waals surface area contributed by atoms with Crippen LogP contribution in [0.4, 0.5) is 5.69 Å². The highest BCUT2D eigenvalue weighted by Gasteiger charge is 2.11. The number of piperidine rings is 1. The first-order valence-electron chi connectivity index (χ1n) is 5.74. The van der Waals surface area contributed by atoms with Crippen LogP contribution in [0, 0.1) is 0 Å². The standard InChI is InChI=1S/C13H17NO2/c1-16-13(15)11-5-7-12(8-6-11)14-9-3-2-4-10-14/h5-8H,2-4,9-10H2,1H3. The molecule has 3 nitrogen and oxygen atoms in total. The number of rotatable bonds is 2. The number of hydrogen-bond acceptors (Lipinski definition) is 3. The molecule has 86 valence electrons. The minimum atomic E-state index is -0.273. The molecule has 0 atom stereocenters. The predicted molar refractivity (Wildman–Crippen MR) is 63.8 cm³/mol. The molecule has 0 unspecified atom stereocenters. The highest BCUT2D eigenvalue weighted by molar-refractivity contribution is 5.89. The SMILES string of the molecule is COC(=O)c1ccc(N2CCCCC2)cc1. The molecule has 0 spiro atoms. The van der Waals surface area contributed by atoms with Gasteiger partial charge in [0.1, 0.15) is 0 Å². The zero-order chi connectivity index (χ0) is 11.4. The summed E-state index contributed by atoms with van der Waals surface area (Å²) < 4.78 is 4.67. The number of benzene rings is 1. The van der Waals surface area contributed by atoms with E-state index in [1.165, 1.54) is 32.1 Å². The van der Waals surface area contributed by atoms with Gasteiger partial charge in [-0.3, -0.25) is 0 Å². The number of hydrogen-bond donors (Lipinski definition) is 0. The molecule has 0 bridgehead atoms. The molecule has 0 amide bonds. The van der Waals surface area contributed by atoms with E-state index in [1.807, 2.05) is 24.3 Å². The third-order valence-corrected chi connectivity index (χ3v) is 3.01. The molecule has 1 aliphatic heterocycles. The molecular formula is C13H17NO2. The van der Waals surface area contributed by atoms with E-state index in [9.17, 15) is 4.79 Å². The van der Waals surface area contributed by atoms with Gasteiger partial charge in [0.05, 0.1) is 12.7 Å². The molecule has 0 radical (unpaired) electrons. The van der Waals surface area contributed by atoms with E-state index in [0.29, 0.717) is 5.56 Å². The maximum Gasteiger partial charge on any atom is 0.337 e. The van der Waals surface area contributed by atoms with E-state index in [0.717, 1.165) is 13.1 Å². The van der Waals surface area contributed by atoms with Crippen LogP contribution in [-0.2, 0) is 4.74 Å². The lowest BCUT2D eigenvalue weighted by Gasteiger charge is -2.28. The Kier molecular flexibility index (Phi) is 3.44. The third kappa shape index (κ3) is 2.35. The monoisotopic (exact) mass is 219 g/mol. The third-order valence-electron chi connectivity index (χ3n) is 3.01. The van der Waals surface area contributed by atoms with Crippen LogP contribution in [0.5, 0.6) is 0 Å².